The third kappa shape index (κ3) is 4.33. The number of nitrogens with one attached hydrogen (secondary N) is 1. The molecule has 0 spiro atoms. The molecular formula is C20H23ClN6OS. The number of anilines is 1. The number of aromatic nitrogens is 4. The first kappa shape index (κ1) is 20.0. The molecule has 1 aromatic carbocycles. The fourth-order valence-corrected chi connectivity index (χ4v) is 4.12. The molecule has 0 aliphatic carbocycles. The average Bonchev–Trinajstić information content (AvgIpc) is 3.16. The highest BCUT2D eigenvalue weighted by Gasteiger charge is 2.19. The van der Waals surface area contributed by atoms with Crippen molar-refractivity contribution in [3.8, 4) is 0 Å². The van der Waals surface area contributed by atoms with E-state index in [9.17, 15) is 4.79 Å². The van der Waals surface area contributed by atoms with Crippen molar-refractivity contribution in [3.63, 3.8) is 0 Å². The Bertz CT molecular complexity index is 1020. The smallest absolute Gasteiger partial charge is 0.252 e. The molecule has 3 aromatic rings. The van der Waals surface area contributed by atoms with Crippen LogP contribution >= 0.6 is 23.4 Å². The Morgan fingerprint density at radius 1 is 1.21 bits per heavy atom. The summed E-state index contributed by atoms with van der Waals surface area (Å²) in [6.07, 6.45) is 7.44. The first-order valence-electron chi connectivity index (χ1n) is 9.72. The normalized spacial score (nSPS) is 14.3. The second-order valence-electron chi connectivity index (χ2n) is 6.92. The van der Waals surface area contributed by atoms with Crippen molar-refractivity contribution < 1.29 is 4.79 Å². The van der Waals surface area contributed by atoms with Gasteiger partial charge in [0.05, 0.1) is 28.7 Å². The van der Waals surface area contributed by atoms with Gasteiger partial charge in [-0.05, 0) is 37.7 Å². The number of carbonyl (C=O) groups excluding carboxylic acids is 1. The van der Waals surface area contributed by atoms with Crippen molar-refractivity contribution in [3.05, 3.63) is 41.0 Å². The van der Waals surface area contributed by atoms with Crippen LogP contribution in [0.1, 0.15) is 29.6 Å². The summed E-state index contributed by atoms with van der Waals surface area (Å²) >= 11 is 7.63. The van der Waals surface area contributed by atoms with E-state index in [4.69, 9.17) is 16.6 Å². The van der Waals surface area contributed by atoms with Crippen LogP contribution in [-0.2, 0) is 6.54 Å². The molecular weight excluding hydrogens is 408 g/mol. The second kappa shape index (κ2) is 9.00. The molecule has 29 heavy (non-hydrogen) atoms. The zero-order chi connectivity index (χ0) is 20.2. The summed E-state index contributed by atoms with van der Waals surface area (Å²) < 4.78 is 1.83. The zero-order valence-electron chi connectivity index (χ0n) is 16.3. The maximum atomic E-state index is 12.4. The Balaban J connectivity index is 1.52. The molecule has 3 heterocycles. The van der Waals surface area contributed by atoms with Gasteiger partial charge in [-0.2, -0.15) is 5.10 Å². The minimum absolute atomic E-state index is 0.194. The van der Waals surface area contributed by atoms with Crippen molar-refractivity contribution in [2.45, 2.75) is 31.0 Å². The summed E-state index contributed by atoms with van der Waals surface area (Å²) in [5.41, 5.74) is 1.27. The summed E-state index contributed by atoms with van der Waals surface area (Å²) in [6.45, 7) is 2.97. The van der Waals surface area contributed by atoms with E-state index in [0.717, 1.165) is 35.1 Å². The number of carbonyl (C=O) groups is 1. The Kier molecular flexibility index (Phi) is 6.20. The van der Waals surface area contributed by atoms with Gasteiger partial charge in [-0.25, -0.2) is 14.6 Å². The minimum atomic E-state index is -0.194. The molecule has 9 heteroatoms. The lowest BCUT2D eigenvalue weighted by atomic mass is 10.1. The van der Waals surface area contributed by atoms with Gasteiger partial charge in [-0.1, -0.05) is 35.5 Å². The number of halogens is 1. The number of benzene rings is 1. The molecule has 1 saturated heterocycles. The summed E-state index contributed by atoms with van der Waals surface area (Å²) in [7, 11) is 0. The van der Waals surface area contributed by atoms with E-state index < -0.39 is 0 Å². The van der Waals surface area contributed by atoms with E-state index in [2.05, 4.69) is 20.3 Å². The van der Waals surface area contributed by atoms with Crippen LogP contribution in [0.15, 0.2) is 35.6 Å². The number of thioether (sulfide) groups is 1. The largest absolute Gasteiger partial charge is 0.356 e. The van der Waals surface area contributed by atoms with E-state index in [0.29, 0.717) is 23.7 Å². The minimum Gasteiger partial charge on any atom is -0.356 e. The van der Waals surface area contributed by atoms with Gasteiger partial charge >= 0.3 is 0 Å². The highest BCUT2D eigenvalue weighted by Crippen LogP contribution is 2.28. The average molecular weight is 431 g/mol. The van der Waals surface area contributed by atoms with Crippen molar-refractivity contribution in [2.75, 3.05) is 30.8 Å². The summed E-state index contributed by atoms with van der Waals surface area (Å²) in [6, 6.07) is 7.02. The van der Waals surface area contributed by atoms with Gasteiger partial charge in [0.15, 0.2) is 10.8 Å². The third-order valence-electron chi connectivity index (χ3n) is 5.02. The molecule has 1 fully saturated rings. The molecule has 0 bridgehead atoms. The maximum absolute atomic E-state index is 12.4. The van der Waals surface area contributed by atoms with Crippen LogP contribution in [-0.4, -0.2) is 51.5 Å². The van der Waals surface area contributed by atoms with Gasteiger partial charge < -0.3 is 10.2 Å². The molecule has 152 valence electrons. The first-order valence-corrected chi connectivity index (χ1v) is 11.3. The molecule has 4 rings (SSSR count). The number of hydrogen-bond donors (Lipinski definition) is 1. The summed E-state index contributed by atoms with van der Waals surface area (Å²) in [4.78, 5) is 24.1. The lowest BCUT2D eigenvalue weighted by Gasteiger charge is -2.28. The number of hydrogen-bond acceptors (Lipinski definition) is 6. The van der Waals surface area contributed by atoms with E-state index >= 15 is 0 Å². The van der Waals surface area contributed by atoms with Crippen LogP contribution < -0.4 is 10.2 Å². The lowest BCUT2D eigenvalue weighted by Crippen LogP contribution is -2.30. The van der Waals surface area contributed by atoms with Gasteiger partial charge in [-0.3, -0.25) is 4.79 Å². The first-order chi connectivity index (χ1) is 14.2. The number of nitrogens with zero attached hydrogens (tertiary/aromatic N) is 5. The van der Waals surface area contributed by atoms with Crippen molar-refractivity contribution in [1.29, 1.82) is 0 Å². The summed E-state index contributed by atoms with van der Waals surface area (Å²) in [5.74, 6) is 0.769. The molecule has 0 saturated carbocycles. The van der Waals surface area contributed by atoms with Crippen LogP contribution in [0.2, 0.25) is 5.02 Å². The van der Waals surface area contributed by atoms with Gasteiger partial charge in [0.25, 0.3) is 5.91 Å². The summed E-state index contributed by atoms with van der Waals surface area (Å²) in [5, 5.41) is 9.56. The SMILES string of the molecule is CSc1nc(N2CCCCC2)c2cnn(CCNC(=O)c3ccccc3Cl)c2n1. The highest BCUT2D eigenvalue weighted by atomic mass is 35.5. The molecule has 2 aromatic heterocycles. The van der Waals surface area contributed by atoms with Crippen LogP contribution in [0.5, 0.6) is 0 Å². The van der Waals surface area contributed by atoms with E-state index in [1.54, 1.807) is 24.3 Å². The topological polar surface area (TPSA) is 75.9 Å². The molecule has 1 aliphatic heterocycles. The number of amides is 1. The van der Waals surface area contributed by atoms with Crippen LogP contribution in [0.4, 0.5) is 5.82 Å². The molecule has 0 radical (unpaired) electrons. The zero-order valence-corrected chi connectivity index (χ0v) is 17.8. The molecule has 1 amide bonds. The fraction of sp³-hybridized carbons (Fsp3) is 0.400. The Labute approximate surface area is 178 Å². The van der Waals surface area contributed by atoms with Crippen LogP contribution in [0, 0.1) is 0 Å². The predicted octanol–water partition coefficient (Wildman–Crippen LogP) is 3.62. The second-order valence-corrected chi connectivity index (χ2v) is 8.10. The third-order valence-corrected chi connectivity index (χ3v) is 5.90. The Hall–Kier alpha value is -2.32. The predicted molar refractivity (Wildman–Crippen MR) is 117 cm³/mol. The van der Waals surface area contributed by atoms with Crippen LogP contribution in [0.3, 0.4) is 0 Å². The molecule has 1 aliphatic rings. The van der Waals surface area contributed by atoms with Gasteiger partial charge in [-0.15, -0.1) is 0 Å². The molecule has 1 N–H and O–H groups in total. The van der Waals surface area contributed by atoms with Crippen molar-refractivity contribution in [1.82, 2.24) is 25.1 Å². The maximum Gasteiger partial charge on any atom is 0.252 e. The van der Waals surface area contributed by atoms with E-state index in [1.165, 1.54) is 31.0 Å². The monoisotopic (exact) mass is 430 g/mol. The Morgan fingerprint density at radius 2 is 2.00 bits per heavy atom. The molecule has 0 unspecified atom stereocenters. The van der Waals surface area contributed by atoms with Gasteiger partial charge in [0, 0.05) is 19.6 Å². The van der Waals surface area contributed by atoms with Crippen molar-refractivity contribution >= 4 is 46.1 Å². The number of piperidine rings is 1. The van der Waals surface area contributed by atoms with Gasteiger partial charge in [0.1, 0.15) is 5.82 Å². The van der Waals surface area contributed by atoms with Gasteiger partial charge in [0.2, 0.25) is 0 Å². The molecule has 7 nitrogen and oxygen atoms in total. The lowest BCUT2D eigenvalue weighted by molar-refractivity contribution is 0.0952. The number of rotatable bonds is 6. The number of fused-ring (bicyclic) bond motifs is 1. The quantitative estimate of drug-likeness (QED) is 0.475. The Morgan fingerprint density at radius 3 is 2.76 bits per heavy atom. The van der Waals surface area contributed by atoms with E-state index in [1.807, 2.05) is 17.1 Å². The molecule has 0 atom stereocenters. The standard InChI is InChI=1S/C20H23ClN6OS/c1-29-20-24-17(26-10-5-2-6-11-26)15-13-23-27(18(15)25-20)12-9-22-19(28)14-7-3-4-8-16(14)21/h3-4,7-8,13H,2,5-6,9-12H2,1H3,(H,22,28). The fourth-order valence-electron chi connectivity index (χ4n) is 3.54. The van der Waals surface area contributed by atoms with E-state index in [-0.39, 0.29) is 5.91 Å². The van der Waals surface area contributed by atoms with Crippen LogP contribution in [0.25, 0.3) is 11.0 Å². The van der Waals surface area contributed by atoms with Crippen molar-refractivity contribution in [2.24, 2.45) is 0 Å². The highest BCUT2D eigenvalue weighted by molar-refractivity contribution is 7.98.